The monoisotopic (exact) mass is 367 g/mol. The predicted octanol–water partition coefficient (Wildman–Crippen LogP) is 3.27. The second kappa shape index (κ2) is 6.16. The van der Waals surface area contributed by atoms with Gasteiger partial charge in [-0.15, -0.1) is 0 Å². The van der Waals surface area contributed by atoms with Gasteiger partial charge >= 0.3 is 0 Å². The van der Waals surface area contributed by atoms with Gasteiger partial charge in [-0.1, -0.05) is 36.4 Å². The Labute approximate surface area is 125 Å². The van der Waals surface area contributed by atoms with Crippen LogP contribution in [0.2, 0.25) is 0 Å². The summed E-state index contributed by atoms with van der Waals surface area (Å²) in [4.78, 5) is 12.0. The minimum absolute atomic E-state index is 0.420. The standard InChI is InChI=1S/C15H14INO2/c1-10-12(16)8-5-9-13(10)17-15(19)14(18)11-6-3-2-4-7-11/h2-9,14,18H,1H3,(H,17,19). The van der Waals surface area contributed by atoms with E-state index in [1.807, 2.05) is 31.2 Å². The maximum atomic E-state index is 12.0. The lowest BCUT2D eigenvalue weighted by Crippen LogP contribution is -2.21. The van der Waals surface area contributed by atoms with Crippen molar-refractivity contribution in [3.8, 4) is 0 Å². The number of hydrogen-bond acceptors (Lipinski definition) is 2. The van der Waals surface area contributed by atoms with Gasteiger partial charge in [0.1, 0.15) is 0 Å². The fourth-order valence-corrected chi connectivity index (χ4v) is 2.23. The lowest BCUT2D eigenvalue weighted by molar-refractivity contribution is -0.124. The van der Waals surface area contributed by atoms with Crippen LogP contribution < -0.4 is 5.32 Å². The fourth-order valence-electron chi connectivity index (χ4n) is 1.73. The third kappa shape index (κ3) is 3.33. The zero-order chi connectivity index (χ0) is 13.8. The summed E-state index contributed by atoms with van der Waals surface area (Å²) in [6, 6.07) is 14.6. The zero-order valence-corrected chi connectivity index (χ0v) is 12.6. The van der Waals surface area contributed by atoms with Crippen molar-refractivity contribution in [2.24, 2.45) is 0 Å². The molecule has 0 heterocycles. The first kappa shape index (κ1) is 14.0. The molecule has 0 saturated heterocycles. The SMILES string of the molecule is Cc1c(I)cccc1NC(=O)C(O)c1ccccc1. The van der Waals surface area contributed by atoms with Crippen molar-refractivity contribution in [3.63, 3.8) is 0 Å². The summed E-state index contributed by atoms with van der Waals surface area (Å²) in [5.41, 5.74) is 2.31. The highest BCUT2D eigenvalue weighted by molar-refractivity contribution is 14.1. The highest BCUT2D eigenvalue weighted by Crippen LogP contribution is 2.22. The maximum Gasteiger partial charge on any atom is 0.257 e. The number of amides is 1. The molecule has 0 aliphatic heterocycles. The second-order valence-corrected chi connectivity index (χ2v) is 5.38. The Bertz CT molecular complexity index is 584. The van der Waals surface area contributed by atoms with Gasteiger partial charge in [0.25, 0.3) is 5.91 Å². The lowest BCUT2D eigenvalue weighted by atomic mass is 10.1. The molecule has 4 heteroatoms. The number of carbonyl (C=O) groups is 1. The van der Waals surface area contributed by atoms with Crippen LogP contribution in [0.1, 0.15) is 17.2 Å². The number of carbonyl (C=O) groups excluding carboxylic acids is 1. The first-order chi connectivity index (χ1) is 9.09. The summed E-state index contributed by atoms with van der Waals surface area (Å²) in [5.74, 6) is -0.420. The number of hydrogen-bond donors (Lipinski definition) is 2. The van der Waals surface area contributed by atoms with Gasteiger partial charge in [0.2, 0.25) is 0 Å². The summed E-state index contributed by atoms with van der Waals surface area (Å²) >= 11 is 2.21. The number of rotatable bonds is 3. The summed E-state index contributed by atoms with van der Waals surface area (Å²) in [7, 11) is 0. The van der Waals surface area contributed by atoms with E-state index in [1.54, 1.807) is 24.3 Å². The molecule has 0 radical (unpaired) electrons. The highest BCUT2D eigenvalue weighted by atomic mass is 127. The number of anilines is 1. The summed E-state index contributed by atoms with van der Waals surface area (Å²) in [6.45, 7) is 1.94. The average Bonchev–Trinajstić information content (AvgIpc) is 2.44. The second-order valence-electron chi connectivity index (χ2n) is 4.21. The van der Waals surface area contributed by atoms with E-state index in [4.69, 9.17) is 0 Å². The van der Waals surface area contributed by atoms with Crippen molar-refractivity contribution in [2.45, 2.75) is 13.0 Å². The predicted molar refractivity (Wildman–Crippen MR) is 83.9 cm³/mol. The van der Waals surface area contributed by atoms with Gasteiger partial charge < -0.3 is 10.4 Å². The molecule has 2 aromatic rings. The Hall–Kier alpha value is -1.40. The van der Waals surface area contributed by atoms with Crippen molar-refractivity contribution in [1.29, 1.82) is 0 Å². The highest BCUT2D eigenvalue weighted by Gasteiger charge is 2.17. The molecule has 2 rings (SSSR count). The molecule has 2 N–H and O–H groups in total. The van der Waals surface area contributed by atoms with E-state index in [9.17, 15) is 9.90 Å². The maximum absolute atomic E-state index is 12.0. The van der Waals surface area contributed by atoms with Crippen molar-refractivity contribution in [1.82, 2.24) is 0 Å². The van der Waals surface area contributed by atoms with Crippen molar-refractivity contribution >= 4 is 34.2 Å². The third-order valence-electron chi connectivity index (χ3n) is 2.89. The average molecular weight is 367 g/mol. The number of halogens is 1. The minimum Gasteiger partial charge on any atom is -0.378 e. The van der Waals surface area contributed by atoms with E-state index < -0.39 is 12.0 Å². The summed E-state index contributed by atoms with van der Waals surface area (Å²) in [5, 5.41) is 12.8. The molecule has 98 valence electrons. The van der Waals surface area contributed by atoms with Crippen LogP contribution in [0.5, 0.6) is 0 Å². The van der Waals surface area contributed by atoms with Gasteiger partial charge in [-0.05, 0) is 52.8 Å². The molecule has 19 heavy (non-hydrogen) atoms. The molecule has 0 fully saturated rings. The van der Waals surface area contributed by atoms with E-state index >= 15 is 0 Å². The molecule has 1 unspecified atom stereocenters. The van der Waals surface area contributed by atoms with Crippen molar-refractivity contribution in [2.75, 3.05) is 5.32 Å². The van der Waals surface area contributed by atoms with Crippen LogP contribution in [0.15, 0.2) is 48.5 Å². The normalized spacial score (nSPS) is 11.9. The topological polar surface area (TPSA) is 49.3 Å². The van der Waals surface area contributed by atoms with Crippen LogP contribution in [-0.4, -0.2) is 11.0 Å². The van der Waals surface area contributed by atoms with Crippen LogP contribution in [0.4, 0.5) is 5.69 Å². The molecular weight excluding hydrogens is 353 g/mol. The molecule has 0 aliphatic carbocycles. The molecule has 0 spiro atoms. The molecule has 1 atom stereocenters. The van der Waals surface area contributed by atoms with E-state index in [0.29, 0.717) is 5.56 Å². The number of aliphatic hydroxyl groups excluding tert-OH is 1. The Morgan fingerprint density at radius 3 is 2.53 bits per heavy atom. The van der Waals surface area contributed by atoms with Crippen LogP contribution in [0.3, 0.4) is 0 Å². The number of aliphatic hydroxyl groups is 1. The van der Waals surface area contributed by atoms with Crippen molar-refractivity contribution < 1.29 is 9.90 Å². The quantitative estimate of drug-likeness (QED) is 0.819. The van der Waals surface area contributed by atoms with Crippen LogP contribution in [0, 0.1) is 10.5 Å². The Morgan fingerprint density at radius 2 is 1.84 bits per heavy atom. The van der Waals surface area contributed by atoms with Crippen molar-refractivity contribution in [3.05, 3.63) is 63.2 Å². The number of nitrogens with one attached hydrogen (secondary N) is 1. The van der Waals surface area contributed by atoms with Gasteiger partial charge in [-0.3, -0.25) is 4.79 Å². The molecule has 0 bridgehead atoms. The minimum atomic E-state index is -1.15. The van der Waals surface area contributed by atoms with Gasteiger partial charge in [0.05, 0.1) is 0 Å². The molecule has 2 aromatic carbocycles. The van der Waals surface area contributed by atoms with Gasteiger partial charge in [-0.2, -0.15) is 0 Å². The first-order valence-corrected chi connectivity index (χ1v) is 6.96. The van der Waals surface area contributed by atoms with Crippen LogP contribution >= 0.6 is 22.6 Å². The summed E-state index contributed by atoms with van der Waals surface area (Å²) in [6.07, 6.45) is -1.15. The van der Waals surface area contributed by atoms with E-state index in [-0.39, 0.29) is 0 Å². The molecule has 0 aliphatic rings. The third-order valence-corrected chi connectivity index (χ3v) is 4.06. The Balaban J connectivity index is 2.15. The Kier molecular flexibility index (Phi) is 4.55. The molecular formula is C15H14INO2. The van der Waals surface area contributed by atoms with E-state index in [2.05, 4.69) is 27.9 Å². The smallest absolute Gasteiger partial charge is 0.257 e. The molecule has 3 nitrogen and oxygen atoms in total. The molecule has 0 saturated carbocycles. The van der Waals surface area contributed by atoms with Gasteiger partial charge in [0, 0.05) is 9.26 Å². The summed E-state index contributed by atoms with van der Waals surface area (Å²) < 4.78 is 1.07. The lowest BCUT2D eigenvalue weighted by Gasteiger charge is -2.13. The van der Waals surface area contributed by atoms with E-state index in [0.717, 1.165) is 14.8 Å². The largest absolute Gasteiger partial charge is 0.378 e. The van der Waals surface area contributed by atoms with Gasteiger partial charge in [-0.25, -0.2) is 0 Å². The molecule has 0 aromatic heterocycles. The zero-order valence-electron chi connectivity index (χ0n) is 10.4. The van der Waals surface area contributed by atoms with Crippen LogP contribution in [0.25, 0.3) is 0 Å². The number of benzene rings is 2. The van der Waals surface area contributed by atoms with E-state index in [1.165, 1.54) is 0 Å². The molecule has 1 amide bonds. The first-order valence-electron chi connectivity index (χ1n) is 5.88. The van der Waals surface area contributed by atoms with Crippen LogP contribution in [-0.2, 0) is 4.79 Å². The van der Waals surface area contributed by atoms with Gasteiger partial charge in [0.15, 0.2) is 6.10 Å². The fraction of sp³-hybridized carbons (Fsp3) is 0.133. The Morgan fingerprint density at radius 1 is 1.16 bits per heavy atom.